The maximum absolute atomic E-state index is 11.9. The van der Waals surface area contributed by atoms with Crippen LogP contribution in [0.3, 0.4) is 0 Å². The molecule has 5 nitrogen and oxygen atoms in total. The summed E-state index contributed by atoms with van der Waals surface area (Å²) in [7, 11) is -3.20. The first kappa shape index (κ1) is 14.8. The molecule has 0 atom stereocenters. The minimum Gasteiger partial charge on any atom is -0.484 e. The molecule has 0 saturated carbocycles. The fourth-order valence-corrected chi connectivity index (χ4v) is 2.79. The van der Waals surface area contributed by atoms with Gasteiger partial charge in [-0.05, 0) is 43.5 Å². The van der Waals surface area contributed by atoms with Gasteiger partial charge < -0.3 is 9.64 Å². The van der Waals surface area contributed by atoms with Crippen LogP contribution in [0.2, 0.25) is 0 Å². The van der Waals surface area contributed by atoms with E-state index in [2.05, 4.69) is 0 Å². The number of carbonyl (C=O) groups is 1. The highest BCUT2D eigenvalue weighted by atomic mass is 32.2. The predicted molar refractivity (Wildman–Crippen MR) is 75.5 cm³/mol. The summed E-state index contributed by atoms with van der Waals surface area (Å²) in [6.45, 7) is 1.60. The molecule has 0 spiro atoms. The zero-order chi connectivity index (χ0) is 14.6. The van der Waals surface area contributed by atoms with Crippen molar-refractivity contribution in [2.75, 3.05) is 26.0 Å². The molecule has 1 aliphatic rings. The summed E-state index contributed by atoms with van der Waals surface area (Å²) >= 11 is 0. The van der Waals surface area contributed by atoms with Crippen LogP contribution in [0.4, 0.5) is 0 Å². The maximum atomic E-state index is 11.9. The molecule has 2 rings (SSSR count). The lowest BCUT2D eigenvalue weighted by Gasteiger charge is -2.26. The maximum Gasteiger partial charge on any atom is 0.260 e. The first-order chi connectivity index (χ1) is 9.47. The normalized spacial score (nSPS) is 15.9. The predicted octanol–water partition coefficient (Wildman–Crippen LogP) is 1.48. The minimum absolute atomic E-state index is 0.00176. The Morgan fingerprint density at radius 1 is 1.15 bits per heavy atom. The van der Waals surface area contributed by atoms with Crippen molar-refractivity contribution < 1.29 is 17.9 Å². The van der Waals surface area contributed by atoms with Gasteiger partial charge >= 0.3 is 0 Å². The van der Waals surface area contributed by atoms with Crippen LogP contribution >= 0.6 is 0 Å². The monoisotopic (exact) mass is 297 g/mol. The van der Waals surface area contributed by atoms with Crippen molar-refractivity contribution in [3.8, 4) is 5.75 Å². The van der Waals surface area contributed by atoms with Gasteiger partial charge in [0.25, 0.3) is 5.91 Å². The molecule has 110 valence electrons. The molecule has 1 amide bonds. The highest BCUT2D eigenvalue weighted by Gasteiger charge is 2.16. The van der Waals surface area contributed by atoms with E-state index in [1.165, 1.54) is 18.6 Å². The Morgan fingerprint density at radius 3 is 2.30 bits per heavy atom. The highest BCUT2D eigenvalue weighted by molar-refractivity contribution is 7.90. The Morgan fingerprint density at radius 2 is 1.75 bits per heavy atom. The van der Waals surface area contributed by atoms with Gasteiger partial charge in [0.15, 0.2) is 16.4 Å². The summed E-state index contributed by atoms with van der Waals surface area (Å²) in [5.74, 6) is 0.486. The minimum atomic E-state index is -3.20. The second kappa shape index (κ2) is 6.26. The van der Waals surface area contributed by atoms with Gasteiger partial charge in [0, 0.05) is 19.3 Å². The van der Waals surface area contributed by atoms with E-state index in [-0.39, 0.29) is 17.4 Å². The molecular formula is C14H19NO4S. The number of ether oxygens (including phenoxy) is 1. The summed E-state index contributed by atoms with van der Waals surface area (Å²) in [6.07, 6.45) is 4.43. The van der Waals surface area contributed by atoms with Crippen molar-refractivity contribution in [1.29, 1.82) is 0 Å². The molecule has 1 heterocycles. The molecule has 0 N–H and O–H groups in total. The average molecular weight is 297 g/mol. The molecule has 0 bridgehead atoms. The molecule has 20 heavy (non-hydrogen) atoms. The molecule has 0 radical (unpaired) electrons. The van der Waals surface area contributed by atoms with Gasteiger partial charge in [0.05, 0.1) is 4.90 Å². The number of hydrogen-bond donors (Lipinski definition) is 0. The standard InChI is InChI=1S/C14H19NO4S/c1-20(17,18)13-7-5-12(6-8-13)19-11-14(16)15-9-3-2-4-10-15/h5-8H,2-4,9-11H2,1H3. The van der Waals surface area contributed by atoms with E-state index in [0.29, 0.717) is 5.75 Å². The third-order valence-corrected chi connectivity index (χ3v) is 4.45. The summed E-state index contributed by atoms with van der Waals surface area (Å²) < 4.78 is 28.0. The van der Waals surface area contributed by atoms with Gasteiger partial charge in [-0.1, -0.05) is 0 Å². The lowest BCUT2D eigenvalue weighted by atomic mass is 10.1. The Balaban J connectivity index is 1.89. The van der Waals surface area contributed by atoms with Crippen LogP contribution < -0.4 is 4.74 Å². The van der Waals surface area contributed by atoms with Crippen molar-refractivity contribution in [2.45, 2.75) is 24.2 Å². The Labute approximate surface area is 119 Å². The average Bonchev–Trinajstić information content (AvgIpc) is 2.45. The summed E-state index contributed by atoms with van der Waals surface area (Å²) in [5.41, 5.74) is 0. The number of nitrogens with zero attached hydrogens (tertiary/aromatic N) is 1. The van der Waals surface area contributed by atoms with Crippen LogP contribution in [-0.2, 0) is 14.6 Å². The molecule has 6 heteroatoms. The first-order valence-corrected chi connectivity index (χ1v) is 8.57. The zero-order valence-corrected chi connectivity index (χ0v) is 12.4. The highest BCUT2D eigenvalue weighted by Crippen LogP contribution is 2.16. The lowest BCUT2D eigenvalue weighted by molar-refractivity contribution is -0.134. The molecule has 1 aromatic carbocycles. The van der Waals surface area contributed by atoms with E-state index >= 15 is 0 Å². The first-order valence-electron chi connectivity index (χ1n) is 6.67. The van der Waals surface area contributed by atoms with Crippen molar-refractivity contribution in [3.05, 3.63) is 24.3 Å². The number of amides is 1. The number of rotatable bonds is 4. The van der Waals surface area contributed by atoms with Crippen LogP contribution in [0, 0.1) is 0 Å². The van der Waals surface area contributed by atoms with Crippen LogP contribution in [0.1, 0.15) is 19.3 Å². The summed E-state index contributed by atoms with van der Waals surface area (Å²) in [5, 5.41) is 0. The van der Waals surface area contributed by atoms with E-state index in [1.807, 2.05) is 4.90 Å². The lowest BCUT2D eigenvalue weighted by Crippen LogP contribution is -2.38. The number of hydrogen-bond acceptors (Lipinski definition) is 4. The van der Waals surface area contributed by atoms with Crippen LogP contribution in [0.5, 0.6) is 5.75 Å². The second-order valence-electron chi connectivity index (χ2n) is 4.97. The van der Waals surface area contributed by atoms with Gasteiger partial charge in [-0.15, -0.1) is 0 Å². The fourth-order valence-electron chi connectivity index (χ4n) is 2.16. The van der Waals surface area contributed by atoms with Crippen LogP contribution in [0.15, 0.2) is 29.2 Å². The second-order valence-corrected chi connectivity index (χ2v) is 6.99. The van der Waals surface area contributed by atoms with Crippen molar-refractivity contribution >= 4 is 15.7 Å². The Hall–Kier alpha value is -1.56. The van der Waals surface area contributed by atoms with Crippen LogP contribution in [0.25, 0.3) is 0 Å². The smallest absolute Gasteiger partial charge is 0.260 e. The molecule has 0 aromatic heterocycles. The quantitative estimate of drug-likeness (QED) is 0.844. The summed E-state index contributed by atoms with van der Waals surface area (Å²) in [6, 6.07) is 6.10. The van der Waals surface area contributed by atoms with Gasteiger partial charge in [-0.3, -0.25) is 4.79 Å². The van der Waals surface area contributed by atoms with Gasteiger partial charge in [-0.25, -0.2) is 8.42 Å². The van der Waals surface area contributed by atoms with Gasteiger partial charge in [0.2, 0.25) is 0 Å². The number of benzene rings is 1. The van der Waals surface area contributed by atoms with E-state index in [0.717, 1.165) is 32.2 Å². The van der Waals surface area contributed by atoms with Crippen molar-refractivity contribution in [1.82, 2.24) is 4.90 Å². The molecule has 1 aliphatic heterocycles. The van der Waals surface area contributed by atoms with Crippen molar-refractivity contribution in [3.63, 3.8) is 0 Å². The van der Waals surface area contributed by atoms with Gasteiger partial charge in [-0.2, -0.15) is 0 Å². The Kier molecular flexibility index (Phi) is 4.65. The Bertz CT molecular complexity index is 559. The molecular weight excluding hydrogens is 278 g/mol. The van der Waals surface area contributed by atoms with Crippen molar-refractivity contribution in [2.24, 2.45) is 0 Å². The zero-order valence-electron chi connectivity index (χ0n) is 11.5. The SMILES string of the molecule is CS(=O)(=O)c1ccc(OCC(=O)N2CCCCC2)cc1. The van der Waals surface area contributed by atoms with E-state index in [9.17, 15) is 13.2 Å². The molecule has 0 aliphatic carbocycles. The number of piperidine rings is 1. The third-order valence-electron chi connectivity index (χ3n) is 3.32. The number of carbonyl (C=O) groups excluding carboxylic acids is 1. The fraction of sp³-hybridized carbons (Fsp3) is 0.500. The molecule has 1 fully saturated rings. The number of likely N-dealkylation sites (tertiary alicyclic amines) is 1. The van der Waals surface area contributed by atoms with E-state index in [1.54, 1.807) is 12.1 Å². The topological polar surface area (TPSA) is 63.7 Å². The molecule has 1 aromatic rings. The largest absolute Gasteiger partial charge is 0.484 e. The van der Waals surface area contributed by atoms with E-state index < -0.39 is 9.84 Å². The third kappa shape index (κ3) is 3.96. The number of sulfone groups is 1. The van der Waals surface area contributed by atoms with E-state index in [4.69, 9.17) is 4.74 Å². The van der Waals surface area contributed by atoms with Crippen LogP contribution in [-0.4, -0.2) is 45.2 Å². The van der Waals surface area contributed by atoms with Gasteiger partial charge in [0.1, 0.15) is 5.75 Å². The summed E-state index contributed by atoms with van der Waals surface area (Å²) in [4.78, 5) is 14.0. The molecule has 1 saturated heterocycles. The molecule has 0 unspecified atom stereocenters.